The molecule has 2 aromatic heterocycles. The van der Waals surface area contributed by atoms with Gasteiger partial charge in [0.2, 0.25) is 5.89 Å². The van der Waals surface area contributed by atoms with Crippen molar-refractivity contribution in [1.29, 1.82) is 0 Å². The van der Waals surface area contributed by atoms with Gasteiger partial charge in [0, 0.05) is 23.2 Å². The van der Waals surface area contributed by atoms with Gasteiger partial charge < -0.3 is 9.73 Å². The number of aryl methyl sites for hydroxylation is 1. The third kappa shape index (κ3) is 2.66. The zero-order valence-corrected chi connectivity index (χ0v) is 11.8. The summed E-state index contributed by atoms with van der Waals surface area (Å²) in [4.78, 5) is 8.57. The summed E-state index contributed by atoms with van der Waals surface area (Å²) in [6, 6.07) is 7.76. The second-order valence-electron chi connectivity index (χ2n) is 4.57. The van der Waals surface area contributed by atoms with Crippen molar-refractivity contribution in [2.24, 2.45) is 0 Å². The lowest BCUT2D eigenvalue weighted by molar-refractivity contribution is 0.449. The summed E-state index contributed by atoms with van der Waals surface area (Å²) in [5.41, 5.74) is 2.03. The molecule has 0 atom stereocenters. The number of halogens is 1. The molecule has 1 N–H and O–H groups in total. The van der Waals surface area contributed by atoms with Crippen LogP contribution < -0.4 is 5.32 Å². The summed E-state index contributed by atoms with van der Waals surface area (Å²) in [5.74, 6) is 1.51. The van der Waals surface area contributed by atoms with Crippen molar-refractivity contribution < 1.29 is 4.42 Å². The van der Waals surface area contributed by atoms with E-state index in [9.17, 15) is 0 Å². The number of fused-ring (bicyclic) bond motifs is 1. The van der Waals surface area contributed by atoms with E-state index in [1.165, 1.54) is 0 Å². The number of aromatic nitrogens is 2. The van der Waals surface area contributed by atoms with Crippen LogP contribution in [0.5, 0.6) is 0 Å². The van der Waals surface area contributed by atoms with Crippen LogP contribution in [0.1, 0.15) is 17.2 Å². The van der Waals surface area contributed by atoms with E-state index in [4.69, 9.17) is 16.0 Å². The molecular weight excluding hydrogens is 274 g/mol. The maximum atomic E-state index is 6.18. The summed E-state index contributed by atoms with van der Waals surface area (Å²) in [6.07, 6.45) is 3.50. The average Bonchev–Trinajstić information content (AvgIpc) is 2.87. The fraction of sp³-hybridized carbons (Fsp3) is 0.200. The van der Waals surface area contributed by atoms with E-state index in [0.717, 1.165) is 27.2 Å². The van der Waals surface area contributed by atoms with Crippen molar-refractivity contribution in [1.82, 2.24) is 15.3 Å². The van der Waals surface area contributed by atoms with Crippen molar-refractivity contribution in [3.05, 3.63) is 58.9 Å². The van der Waals surface area contributed by atoms with Crippen molar-refractivity contribution in [2.75, 3.05) is 0 Å². The molecule has 0 aliphatic rings. The van der Waals surface area contributed by atoms with Gasteiger partial charge in [-0.05, 0) is 30.7 Å². The van der Waals surface area contributed by atoms with Crippen molar-refractivity contribution in [3.63, 3.8) is 0 Å². The highest BCUT2D eigenvalue weighted by atomic mass is 35.5. The first-order valence-electron chi connectivity index (χ1n) is 6.38. The van der Waals surface area contributed by atoms with Crippen molar-refractivity contribution in [3.8, 4) is 0 Å². The second-order valence-corrected chi connectivity index (χ2v) is 4.98. The lowest BCUT2D eigenvalue weighted by Crippen LogP contribution is -2.13. The van der Waals surface area contributed by atoms with E-state index in [0.29, 0.717) is 19.0 Å². The third-order valence-electron chi connectivity index (χ3n) is 3.06. The fourth-order valence-corrected chi connectivity index (χ4v) is 2.34. The van der Waals surface area contributed by atoms with Crippen molar-refractivity contribution in [2.45, 2.75) is 20.0 Å². The van der Waals surface area contributed by atoms with Gasteiger partial charge in [-0.1, -0.05) is 17.7 Å². The van der Waals surface area contributed by atoms with Gasteiger partial charge in [-0.15, -0.1) is 0 Å². The van der Waals surface area contributed by atoms with Crippen LogP contribution in [0, 0.1) is 6.92 Å². The minimum atomic E-state index is 0.588. The molecule has 1 aromatic carbocycles. The number of hydrogen-bond donors (Lipinski definition) is 1. The zero-order chi connectivity index (χ0) is 13.9. The quantitative estimate of drug-likeness (QED) is 0.798. The Hall–Kier alpha value is -1.91. The summed E-state index contributed by atoms with van der Waals surface area (Å²) < 4.78 is 5.42. The molecule has 102 valence electrons. The molecule has 0 aliphatic carbocycles. The van der Waals surface area contributed by atoms with Crippen LogP contribution in [-0.2, 0) is 13.1 Å². The Morgan fingerprint density at radius 3 is 2.90 bits per heavy atom. The fourth-order valence-electron chi connectivity index (χ4n) is 2.13. The number of oxazole rings is 1. The minimum absolute atomic E-state index is 0.588. The predicted octanol–water partition coefficient (Wildman–Crippen LogP) is 3.47. The second kappa shape index (κ2) is 5.61. The van der Waals surface area contributed by atoms with Crippen LogP contribution in [0.2, 0.25) is 5.02 Å². The molecule has 0 aliphatic heterocycles. The number of hydrogen-bond acceptors (Lipinski definition) is 4. The molecule has 0 saturated heterocycles. The largest absolute Gasteiger partial charge is 0.445 e. The molecule has 20 heavy (non-hydrogen) atoms. The van der Waals surface area contributed by atoms with Gasteiger partial charge in [0.1, 0.15) is 5.76 Å². The topological polar surface area (TPSA) is 51.0 Å². The maximum absolute atomic E-state index is 6.18. The van der Waals surface area contributed by atoms with E-state index in [2.05, 4.69) is 15.3 Å². The lowest BCUT2D eigenvalue weighted by Gasteiger charge is -2.07. The lowest BCUT2D eigenvalue weighted by atomic mass is 10.1. The summed E-state index contributed by atoms with van der Waals surface area (Å²) in [7, 11) is 0. The van der Waals surface area contributed by atoms with E-state index in [-0.39, 0.29) is 0 Å². The van der Waals surface area contributed by atoms with Gasteiger partial charge in [0.15, 0.2) is 0 Å². The van der Waals surface area contributed by atoms with E-state index in [1.807, 2.05) is 31.2 Å². The highest BCUT2D eigenvalue weighted by Gasteiger charge is 2.06. The number of pyridine rings is 1. The van der Waals surface area contributed by atoms with Crippen LogP contribution in [0.4, 0.5) is 0 Å². The molecule has 0 amide bonds. The van der Waals surface area contributed by atoms with Gasteiger partial charge in [0.05, 0.1) is 18.3 Å². The van der Waals surface area contributed by atoms with Gasteiger partial charge >= 0.3 is 0 Å². The van der Waals surface area contributed by atoms with Crippen LogP contribution in [0.3, 0.4) is 0 Å². The van der Waals surface area contributed by atoms with Crippen LogP contribution in [-0.4, -0.2) is 9.97 Å². The molecule has 3 aromatic rings. The summed E-state index contributed by atoms with van der Waals surface area (Å²) in [5, 5.41) is 5.00. The molecule has 5 heteroatoms. The molecule has 2 heterocycles. The van der Waals surface area contributed by atoms with Crippen LogP contribution >= 0.6 is 11.6 Å². The first-order valence-corrected chi connectivity index (χ1v) is 6.76. The third-order valence-corrected chi connectivity index (χ3v) is 3.39. The van der Waals surface area contributed by atoms with Gasteiger partial charge in [-0.3, -0.25) is 4.98 Å². The Labute approximate surface area is 121 Å². The number of nitrogens with one attached hydrogen (secondary N) is 1. The van der Waals surface area contributed by atoms with E-state index in [1.54, 1.807) is 12.4 Å². The summed E-state index contributed by atoms with van der Waals surface area (Å²) >= 11 is 6.18. The number of benzene rings is 1. The number of nitrogens with zero attached hydrogens (tertiary/aromatic N) is 2. The first kappa shape index (κ1) is 13.1. The molecule has 3 rings (SSSR count). The number of rotatable bonds is 4. The van der Waals surface area contributed by atoms with Crippen molar-refractivity contribution >= 4 is 22.5 Å². The normalized spacial score (nSPS) is 11.1. The van der Waals surface area contributed by atoms with Gasteiger partial charge in [0.25, 0.3) is 0 Å². The molecule has 4 nitrogen and oxygen atoms in total. The highest BCUT2D eigenvalue weighted by Crippen LogP contribution is 2.24. The molecular formula is C15H14ClN3O. The Morgan fingerprint density at radius 1 is 1.20 bits per heavy atom. The maximum Gasteiger partial charge on any atom is 0.208 e. The molecule has 0 fully saturated rings. The zero-order valence-electron chi connectivity index (χ0n) is 11.1. The Kier molecular flexibility index (Phi) is 3.67. The van der Waals surface area contributed by atoms with Crippen LogP contribution in [0.15, 0.2) is 41.1 Å². The summed E-state index contributed by atoms with van der Waals surface area (Å²) in [6.45, 7) is 3.16. The standard InChI is InChI=1S/C15H14ClN3O/c1-10-7-19-14(20-10)9-17-8-11-4-5-13(16)12-3-2-6-18-15(11)12/h2-7,17H,8-9H2,1H3. The smallest absolute Gasteiger partial charge is 0.208 e. The highest BCUT2D eigenvalue weighted by molar-refractivity contribution is 6.35. The SMILES string of the molecule is Cc1cnc(CNCc2ccc(Cl)c3cccnc23)o1. The van der Waals surface area contributed by atoms with E-state index < -0.39 is 0 Å². The molecule has 0 spiro atoms. The Morgan fingerprint density at radius 2 is 2.10 bits per heavy atom. The molecule has 0 radical (unpaired) electrons. The van der Waals surface area contributed by atoms with Gasteiger partial charge in [-0.2, -0.15) is 0 Å². The molecule has 0 bridgehead atoms. The Balaban J connectivity index is 1.76. The first-order chi connectivity index (χ1) is 9.74. The average molecular weight is 288 g/mol. The Bertz CT molecular complexity index is 739. The predicted molar refractivity (Wildman–Crippen MR) is 78.5 cm³/mol. The molecule has 0 unspecified atom stereocenters. The molecule has 0 saturated carbocycles. The minimum Gasteiger partial charge on any atom is -0.445 e. The monoisotopic (exact) mass is 287 g/mol. The van der Waals surface area contributed by atoms with Gasteiger partial charge in [-0.25, -0.2) is 4.98 Å². The van der Waals surface area contributed by atoms with E-state index >= 15 is 0 Å². The van der Waals surface area contributed by atoms with Crippen LogP contribution in [0.25, 0.3) is 10.9 Å².